The first kappa shape index (κ1) is 19.7. The van der Waals surface area contributed by atoms with E-state index in [2.05, 4.69) is 4.74 Å². The maximum Gasteiger partial charge on any atom is 0.573 e. The van der Waals surface area contributed by atoms with E-state index < -0.39 is 15.2 Å². The highest BCUT2D eigenvalue weighted by Gasteiger charge is 2.31. The molecule has 1 aliphatic rings. The maximum absolute atomic E-state index is 12.2. The third kappa shape index (κ3) is 7.05. The van der Waals surface area contributed by atoms with Crippen LogP contribution in [0.15, 0.2) is 24.3 Å². The van der Waals surface area contributed by atoms with Gasteiger partial charge in [-0.05, 0) is 43.5 Å². The Hall–Kier alpha value is -1.57. The van der Waals surface area contributed by atoms with E-state index in [1.54, 1.807) is 0 Å². The van der Waals surface area contributed by atoms with Gasteiger partial charge in [0, 0.05) is 8.80 Å². The van der Waals surface area contributed by atoms with Gasteiger partial charge in [-0.3, -0.25) is 9.18 Å². The second kappa shape index (κ2) is 9.21. The molecule has 1 saturated heterocycles. The zero-order valence-corrected chi connectivity index (χ0v) is 15.0. The van der Waals surface area contributed by atoms with Gasteiger partial charge in [0.15, 0.2) is 0 Å². The van der Waals surface area contributed by atoms with Crippen LogP contribution in [0.25, 0.3) is 0 Å². The summed E-state index contributed by atoms with van der Waals surface area (Å²) in [7, 11) is -0.847. The zero-order valence-electron chi connectivity index (χ0n) is 13.9. The summed E-state index contributed by atoms with van der Waals surface area (Å²) < 4.78 is 57.5. The summed E-state index contributed by atoms with van der Waals surface area (Å²) >= 11 is 0. The quantitative estimate of drug-likeness (QED) is 0.223. The third-order valence-electron chi connectivity index (χ3n) is 4.45. The monoisotopic (exact) mass is 378 g/mol. The molecule has 1 aromatic rings. The van der Waals surface area contributed by atoms with E-state index in [1.165, 1.54) is 12.1 Å². The van der Waals surface area contributed by atoms with Crippen LogP contribution in [-0.4, -0.2) is 27.8 Å². The Bertz CT molecular complexity index is 540. The molecule has 0 N–H and O–H groups in total. The first-order valence-corrected chi connectivity index (χ1v) is 11.0. The van der Waals surface area contributed by atoms with Crippen LogP contribution in [0.5, 0.6) is 11.5 Å². The van der Waals surface area contributed by atoms with Crippen LogP contribution in [0.3, 0.4) is 0 Å². The SMILES string of the molecule is O=C(Oc1ccc(OC(F)(F)F)cc1)[C@H]1CC[Si@H](CCCCF)CC1. The molecule has 0 aromatic heterocycles. The number of alkyl halides is 4. The van der Waals surface area contributed by atoms with Crippen LogP contribution in [0.2, 0.25) is 18.1 Å². The third-order valence-corrected chi connectivity index (χ3v) is 7.98. The highest BCUT2D eigenvalue weighted by molar-refractivity contribution is 6.59. The zero-order chi connectivity index (χ0) is 18.3. The second-order valence-electron chi connectivity index (χ2n) is 6.34. The van der Waals surface area contributed by atoms with Gasteiger partial charge in [-0.15, -0.1) is 13.2 Å². The summed E-state index contributed by atoms with van der Waals surface area (Å²) in [5.74, 6) is -0.634. The van der Waals surface area contributed by atoms with Gasteiger partial charge in [-0.1, -0.05) is 24.6 Å². The summed E-state index contributed by atoms with van der Waals surface area (Å²) in [6, 6.07) is 8.06. The topological polar surface area (TPSA) is 35.5 Å². The van der Waals surface area contributed by atoms with Crippen molar-refractivity contribution in [2.24, 2.45) is 5.92 Å². The van der Waals surface area contributed by atoms with Gasteiger partial charge < -0.3 is 9.47 Å². The van der Waals surface area contributed by atoms with Crippen molar-refractivity contribution in [3.05, 3.63) is 24.3 Å². The number of esters is 1. The molecule has 25 heavy (non-hydrogen) atoms. The molecule has 1 aliphatic heterocycles. The van der Waals surface area contributed by atoms with Gasteiger partial charge in [-0.25, -0.2) is 0 Å². The molecule has 2 rings (SSSR count). The lowest BCUT2D eigenvalue weighted by atomic mass is 10.0. The number of carbonyl (C=O) groups excluding carboxylic acids is 1. The largest absolute Gasteiger partial charge is 0.573 e. The minimum atomic E-state index is -4.75. The minimum Gasteiger partial charge on any atom is -0.426 e. The predicted molar refractivity (Wildman–Crippen MR) is 88.3 cm³/mol. The van der Waals surface area contributed by atoms with E-state index in [1.807, 2.05) is 0 Å². The van der Waals surface area contributed by atoms with Gasteiger partial charge in [0.25, 0.3) is 0 Å². The van der Waals surface area contributed by atoms with Crippen molar-refractivity contribution < 1.29 is 31.8 Å². The molecule has 1 aromatic carbocycles. The van der Waals surface area contributed by atoms with Crippen LogP contribution >= 0.6 is 0 Å². The highest BCUT2D eigenvalue weighted by atomic mass is 28.3. The minimum absolute atomic E-state index is 0.156. The fraction of sp³-hybridized carbons (Fsp3) is 0.588. The lowest BCUT2D eigenvalue weighted by Gasteiger charge is -2.26. The number of rotatable bonds is 7. The number of hydrogen-bond acceptors (Lipinski definition) is 3. The Balaban J connectivity index is 1.77. The van der Waals surface area contributed by atoms with E-state index >= 15 is 0 Å². The molecule has 0 saturated carbocycles. The molecule has 0 unspecified atom stereocenters. The fourth-order valence-electron chi connectivity index (χ4n) is 3.12. The van der Waals surface area contributed by atoms with Crippen molar-refractivity contribution >= 4 is 14.8 Å². The number of carbonyl (C=O) groups is 1. The number of hydrogen-bond donors (Lipinski definition) is 0. The van der Waals surface area contributed by atoms with E-state index in [0.29, 0.717) is 6.42 Å². The number of halogens is 4. The van der Waals surface area contributed by atoms with Gasteiger partial charge >= 0.3 is 12.3 Å². The molecule has 0 bridgehead atoms. The van der Waals surface area contributed by atoms with E-state index in [4.69, 9.17) is 4.74 Å². The highest BCUT2D eigenvalue weighted by Crippen LogP contribution is 2.30. The molecule has 140 valence electrons. The number of ether oxygens (including phenoxy) is 2. The molecule has 8 heteroatoms. The average Bonchev–Trinajstić information content (AvgIpc) is 2.56. The van der Waals surface area contributed by atoms with Gasteiger partial charge in [0.2, 0.25) is 0 Å². The molecule has 3 nitrogen and oxygen atoms in total. The Morgan fingerprint density at radius 3 is 2.24 bits per heavy atom. The number of unbranched alkanes of at least 4 members (excludes halogenated alkanes) is 1. The summed E-state index contributed by atoms with van der Waals surface area (Å²) in [5, 5.41) is 0. The smallest absolute Gasteiger partial charge is 0.426 e. The van der Waals surface area contributed by atoms with Crippen molar-refractivity contribution in [3.63, 3.8) is 0 Å². The van der Waals surface area contributed by atoms with Gasteiger partial charge in [0.1, 0.15) is 11.5 Å². The van der Waals surface area contributed by atoms with Crippen molar-refractivity contribution in [3.8, 4) is 11.5 Å². The molecule has 0 atom stereocenters. The van der Waals surface area contributed by atoms with Gasteiger partial charge in [0.05, 0.1) is 12.6 Å². The lowest BCUT2D eigenvalue weighted by molar-refractivity contribution is -0.274. The summed E-state index contributed by atoms with van der Waals surface area (Å²) in [6.45, 7) is -0.261. The second-order valence-corrected chi connectivity index (χ2v) is 9.81. The number of benzene rings is 1. The first-order chi connectivity index (χ1) is 11.9. The Morgan fingerprint density at radius 1 is 1.08 bits per heavy atom. The van der Waals surface area contributed by atoms with Crippen LogP contribution in [-0.2, 0) is 4.79 Å². The maximum atomic E-state index is 12.2. The Kier molecular flexibility index (Phi) is 7.28. The Morgan fingerprint density at radius 2 is 1.68 bits per heavy atom. The predicted octanol–water partition coefficient (Wildman–Crippen LogP) is 4.88. The van der Waals surface area contributed by atoms with Gasteiger partial charge in [-0.2, -0.15) is 0 Å². The molecular weight excluding hydrogens is 356 g/mol. The molecule has 1 fully saturated rings. The van der Waals surface area contributed by atoms with Crippen LogP contribution in [0.4, 0.5) is 17.6 Å². The van der Waals surface area contributed by atoms with Crippen LogP contribution in [0.1, 0.15) is 25.7 Å². The molecule has 0 aliphatic carbocycles. The molecule has 0 amide bonds. The summed E-state index contributed by atoms with van der Waals surface area (Å²) in [4.78, 5) is 12.2. The van der Waals surface area contributed by atoms with Crippen LogP contribution < -0.4 is 9.47 Å². The van der Waals surface area contributed by atoms with Crippen molar-refractivity contribution in [2.45, 2.75) is 50.2 Å². The average molecular weight is 378 g/mol. The van der Waals surface area contributed by atoms with E-state index in [9.17, 15) is 22.4 Å². The molecule has 0 radical (unpaired) electrons. The van der Waals surface area contributed by atoms with Crippen molar-refractivity contribution in [1.82, 2.24) is 0 Å². The Labute approximate surface area is 145 Å². The van der Waals surface area contributed by atoms with Crippen LogP contribution in [0, 0.1) is 5.92 Å². The fourth-order valence-corrected chi connectivity index (χ4v) is 6.60. The normalized spacial score (nSPS) is 21.0. The molecule has 1 heterocycles. The molecule has 0 spiro atoms. The van der Waals surface area contributed by atoms with E-state index in [0.717, 1.165) is 49.5 Å². The van der Waals surface area contributed by atoms with Crippen molar-refractivity contribution in [1.29, 1.82) is 0 Å². The first-order valence-electron chi connectivity index (χ1n) is 8.51. The molecular formula is C17H22F4O3Si. The summed E-state index contributed by atoms with van der Waals surface area (Å²) in [5.41, 5.74) is 0. The van der Waals surface area contributed by atoms with Crippen molar-refractivity contribution in [2.75, 3.05) is 6.67 Å². The lowest BCUT2D eigenvalue weighted by Crippen LogP contribution is -2.28. The standard InChI is InChI=1S/C17H22F4O3Si/c18-9-1-2-10-25-11-7-13(8-12-25)16(22)23-14-3-5-15(6-4-14)24-17(19,20)21/h3-6,13,25H,1-2,7-12H2/t13-,25-. The van der Waals surface area contributed by atoms with E-state index in [-0.39, 0.29) is 30.1 Å². The summed E-state index contributed by atoms with van der Waals surface area (Å²) in [6.07, 6.45) is -1.59.